The molecule has 0 aromatic carbocycles. The number of nitrogens with zero attached hydrogens (tertiary/aromatic N) is 2. The molecule has 17 heavy (non-hydrogen) atoms. The van der Waals surface area contributed by atoms with Gasteiger partial charge in [-0.1, -0.05) is 25.3 Å². The van der Waals surface area contributed by atoms with E-state index in [0.29, 0.717) is 10.7 Å². The van der Waals surface area contributed by atoms with Crippen molar-refractivity contribution < 1.29 is 9.90 Å². The van der Waals surface area contributed by atoms with Gasteiger partial charge in [-0.3, -0.25) is 4.79 Å². The van der Waals surface area contributed by atoms with E-state index in [0.717, 1.165) is 0 Å². The summed E-state index contributed by atoms with van der Waals surface area (Å²) in [5.41, 5.74) is -1.17. The van der Waals surface area contributed by atoms with Crippen LogP contribution in [-0.2, 0) is 7.05 Å². The van der Waals surface area contributed by atoms with Crippen molar-refractivity contribution >= 4 is 18.1 Å². The van der Waals surface area contributed by atoms with Crippen molar-refractivity contribution in [2.75, 3.05) is 0 Å². The molecule has 5 heteroatoms. The molecule has 0 radical (unpaired) electrons. The number of aromatic nitrogens is 2. The minimum atomic E-state index is -1.35. The predicted octanol–water partition coefficient (Wildman–Crippen LogP) is -0.588. The van der Waals surface area contributed by atoms with Gasteiger partial charge in [0.1, 0.15) is 0 Å². The molecule has 0 spiro atoms. The summed E-state index contributed by atoms with van der Waals surface area (Å²) in [6.45, 7) is 7.04. The Hall–Kier alpha value is -2.43. The highest BCUT2D eigenvalue weighted by molar-refractivity contribution is 5.84. The van der Waals surface area contributed by atoms with E-state index >= 15 is 0 Å². The maximum atomic E-state index is 11.7. The van der Waals surface area contributed by atoms with Gasteiger partial charge in [0.05, 0.1) is 10.7 Å². The van der Waals surface area contributed by atoms with E-state index in [4.69, 9.17) is 5.11 Å². The fourth-order valence-electron chi connectivity index (χ4n) is 1.35. The van der Waals surface area contributed by atoms with Crippen LogP contribution in [0, 0.1) is 0 Å². The highest BCUT2D eigenvalue weighted by Gasteiger charge is 2.12. The largest absolute Gasteiger partial charge is 0.476 e. The van der Waals surface area contributed by atoms with Gasteiger partial charge in [0, 0.05) is 7.05 Å². The van der Waals surface area contributed by atoms with Crippen LogP contribution in [0.5, 0.6) is 0 Å². The molecule has 1 aromatic rings. The Morgan fingerprint density at radius 1 is 1.35 bits per heavy atom. The third kappa shape index (κ3) is 2.39. The van der Waals surface area contributed by atoms with Crippen molar-refractivity contribution in [3.8, 4) is 0 Å². The molecule has 1 rings (SSSR count). The van der Waals surface area contributed by atoms with Crippen LogP contribution >= 0.6 is 0 Å². The minimum Gasteiger partial charge on any atom is -0.476 e. The Morgan fingerprint density at radius 3 is 2.41 bits per heavy atom. The molecule has 1 aromatic heterocycles. The second-order valence-electron chi connectivity index (χ2n) is 3.20. The van der Waals surface area contributed by atoms with Crippen molar-refractivity contribution in [3.05, 3.63) is 52.1 Å². The topological polar surface area (TPSA) is 72.2 Å². The van der Waals surface area contributed by atoms with Gasteiger partial charge in [-0.15, -0.1) is 0 Å². The Balaban J connectivity index is 3.96. The fraction of sp³-hybridized carbons (Fsp3) is 0.0833. The summed E-state index contributed by atoms with van der Waals surface area (Å²) in [4.78, 5) is 26.3. The number of carbonyl (C=O) groups is 1. The molecule has 0 aliphatic carbocycles. The van der Waals surface area contributed by atoms with Crippen LogP contribution in [-0.4, -0.2) is 20.6 Å². The maximum Gasteiger partial charge on any atom is 0.360 e. The van der Waals surface area contributed by atoms with Crippen LogP contribution in [0.2, 0.25) is 0 Å². The summed E-state index contributed by atoms with van der Waals surface area (Å²) in [7, 11) is 1.48. The molecule has 1 heterocycles. The van der Waals surface area contributed by atoms with Gasteiger partial charge >= 0.3 is 5.97 Å². The van der Waals surface area contributed by atoms with Crippen molar-refractivity contribution in [1.29, 1.82) is 0 Å². The summed E-state index contributed by atoms with van der Waals surface area (Å²) in [5.74, 6) is -1.35. The third-order valence-corrected chi connectivity index (χ3v) is 2.12. The van der Waals surface area contributed by atoms with Gasteiger partial charge in [0.2, 0.25) is 5.69 Å². The van der Waals surface area contributed by atoms with Gasteiger partial charge in [-0.05, 0) is 12.2 Å². The molecule has 0 amide bonds. The average molecular weight is 232 g/mol. The van der Waals surface area contributed by atoms with Crippen LogP contribution in [0.25, 0.3) is 12.2 Å². The standard InChI is InChI=1S/C12H12N2O3/c1-4-6-8-9(7-5-2)14(3)11(15)10(13-8)12(16)17/h4-7H,1-2H2,3H3,(H,16,17)/b8-6+,9-7+. The molecule has 5 nitrogen and oxygen atoms in total. The lowest BCUT2D eigenvalue weighted by Gasteiger charge is -2.01. The number of hydrogen-bond acceptors (Lipinski definition) is 3. The highest BCUT2D eigenvalue weighted by atomic mass is 16.4. The first-order chi connectivity index (χ1) is 8.02. The maximum absolute atomic E-state index is 11.7. The van der Waals surface area contributed by atoms with E-state index in [9.17, 15) is 9.59 Å². The monoisotopic (exact) mass is 232 g/mol. The zero-order valence-corrected chi connectivity index (χ0v) is 9.38. The minimum absolute atomic E-state index is 0.361. The van der Waals surface area contributed by atoms with Crippen LogP contribution in [0.15, 0.2) is 30.1 Å². The van der Waals surface area contributed by atoms with Gasteiger partial charge in [0.25, 0.3) is 5.56 Å². The molecule has 1 N–H and O–H groups in total. The molecule has 88 valence electrons. The van der Waals surface area contributed by atoms with Crippen molar-refractivity contribution in [1.82, 2.24) is 9.55 Å². The summed E-state index contributed by atoms with van der Waals surface area (Å²) in [6, 6.07) is 0. The fourth-order valence-corrected chi connectivity index (χ4v) is 1.35. The predicted molar refractivity (Wildman–Crippen MR) is 65.0 cm³/mol. The summed E-state index contributed by atoms with van der Waals surface area (Å²) in [6.07, 6.45) is 6.08. The smallest absolute Gasteiger partial charge is 0.360 e. The zero-order valence-electron chi connectivity index (χ0n) is 9.38. The van der Waals surface area contributed by atoms with Gasteiger partial charge in [0.15, 0.2) is 0 Å². The normalized spacial score (nSPS) is 12.5. The lowest BCUT2D eigenvalue weighted by Crippen LogP contribution is -2.46. The molecule has 0 saturated heterocycles. The third-order valence-electron chi connectivity index (χ3n) is 2.12. The SMILES string of the molecule is C=C/C=c1/nc(C(=O)O)c(=O)n(C)/c1=C/C=C. The van der Waals surface area contributed by atoms with E-state index in [1.54, 1.807) is 6.08 Å². The molecule has 0 atom stereocenters. The first-order valence-corrected chi connectivity index (χ1v) is 4.78. The first kappa shape index (κ1) is 12.6. The summed E-state index contributed by atoms with van der Waals surface area (Å²) in [5, 5.41) is 9.70. The van der Waals surface area contributed by atoms with Crippen LogP contribution in [0.3, 0.4) is 0 Å². The Bertz CT molecular complexity index is 654. The van der Waals surface area contributed by atoms with Crippen molar-refractivity contribution in [2.45, 2.75) is 0 Å². The molecule has 0 saturated carbocycles. The molecular formula is C12H12N2O3. The zero-order chi connectivity index (χ0) is 13.0. The van der Waals surface area contributed by atoms with Crippen molar-refractivity contribution in [3.63, 3.8) is 0 Å². The number of hydrogen-bond donors (Lipinski definition) is 1. The van der Waals surface area contributed by atoms with Crippen molar-refractivity contribution in [2.24, 2.45) is 7.05 Å². The van der Waals surface area contributed by atoms with E-state index < -0.39 is 17.2 Å². The second kappa shape index (κ2) is 5.07. The van der Waals surface area contributed by atoms with Crippen LogP contribution in [0.1, 0.15) is 10.5 Å². The Labute approximate surface area is 97.4 Å². The van der Waals surface area contributed by atoms with E-state index in [2.05, 4.69) is 18.1 Å². The molecule has 0 fully saturated rings. The quantitative estimate of drug-likeness (QED) is 0.756. The van der Waals surface area contributed by atoms with E-state index in [-0.39, 0.29) is 0 Å². The van der Waals surface area contributed by atoms with Gasteiger partial charge in [-0.25, -0.2) is 9.78 Å². The number of carboxylic acid groups (broad SMARTS) is 1. The lowest BCUT2D eigenvalue weighted by atomic mass is 10.3. The van der Waals surface area contributed by atoms with Gasteiger partial charge in [-0.2, -0.15) is 0 Å². The molecule has 0 unspecified atom stereocenters. The Morgan fingerprint density at radius 2 is 1.94 bits per heavy atom. The number of aromatic carboxylic acids is 1. The number of carboxylic acids is 1. The average Bonchev–Trinajstić information content (AvgIpc) is 2.28. The number of allylic oxidation sites excluding steroid dienone is 2. The summed E-state index contributed by atoms with van der Waals surface area (Å²) >= 11 is 0. The first-order valence-electron chi connectivity index (χ1n) is 4.78. The molecule has 0 aliphatic rings. The van der Waals surface area contributed by atoms with Crippen LogP contribution < -0.4 is 16.3 Å². The Kier molecular flexibility index (Phi) is 3.77. The number of rotatable bonds is 3. The van der Waals surface area contributed by atoms with Gasteiger partial charge < -0.3 is 9.67 Å². The molecular weight excluding hydrogens is 220 g/mol. The molecule has 0 bridgehead atoms. The molecule has 0 aliphatic heterocycles. The van der Waals surface area contributed by atoms with E-state index in [1.807, 2.05) is 0 Å². The lowest BCUT2D eigenvalue weighted by molar-refractivity contribution is 0.0687. The highest BCUT2D eigenvalue weighted by Crippen LogP contribution is 1.79. The van der Waals surface area contributed by atoms with E-state index in [1.165, 1.54) is 29.8 Å². The second-order valence-corrected chi connectivity index (χ2v) is 3.20. The van der Waals surface area contributed by atoms with Crippen LogP contribution in [0.4, 0.5) is 0 Å². The summed E-state index contributed by atoms with van der Waals surface area (Å²) < 4.78 is 1.22.